The lowest BCUT2D eigenvalue weighted by atomic mass is 9.78. The van der Waals surface area contributed by atoms with Crippen molar-refractivity contribution in [2.75, 3.05) is 0 Å². The summed E-state index contributed by atoms with van der Waals surface area (Å²) in [4.78, 5) is 4.03. The van der Waals surface area contributed by atoms with Gasteiger partial charge >= 0.3 is 0 Å². The zero-order valence-corrected chi connectivity index (χ0v) is 10.9. The highest BCUT2D eigenvalue weighted by Crippen LogP contribution is 2.36. The average Bonchev–Trinajstić information content (AvgIpc) is 2.97. The Kier molecular flexibility index (Phi) is 3.12. The maximum absolute atomic E-state index is 10.7. The summed E-state index contributed by atoms with van der Waals surface area (Å²) in [6, 6.07) is 8.29. The van der Waals surface area contributed by atoms with Gasteiger partial charge in [0, 0.05) is 24.1 Å². The first-order chi connectivity index (χ1) is 9.17. The molecule has 100 valence electrons. The molecule has 1 aliphatic rings. The van der Waals surface area contributed by atoms with Crippen LogP contribution in [0.3, 0.4) is 0 Å². The number of rotatable bonds is 2. The molecule has 0 spiro atoms. The second kappa shape index (κ2) is 4.79. The molecule has 0 atom stereocenters. The van der Waals surface area contributed by atoms with Gasteiger partial charge in [0.15, 0.2) is 0 Å². The van der Waals surface area contributed by atoms with Crippen molar-refractivity contribution >= 4 is 0 Å². The molecule has 1 aromatic carbocycles. The quantitative estimate of drug-likeness (QED) is 0.864. The molecule has 1 aliphatic carbocycles. The van der Waals surface area contributed by atoms with Gasteiger partial charge in [0.2, 0.25) is 0 Å². The second-order valence-corrected chi connectivity index (χ2v) is 5.39. The number of hydrogen-bond acceptors (Lipinski definition) is 3. The summed E-state index contributed by atoms with van der Waals surface area (Å²) in [5.74, 6) is 0. The molecule has 4 heteroatoms. The molecule has 3 rings (SSSR count). The normalized spacial score (nSPS) is 27.4. The number of aromatic nitrogens is 2. The lowest BCUT2D eigenvalue weighted by Gasteiger charge is -2.35. The SMILES string of the molecule is NC1CCC(O)(c2ccc(-n3ccnc3)cc2)CC1. The second-order valence-electron chi connectivity index (χ2n) is 5.39. The molecule has 2 aromatic rings. The van der Waals surface area contributed by atoms with Crippen molar-refractivity contribution in [2.45, 2.75) is 37.3 Å². The monoisotopic (exact) mass is 257 g/mol. The minimum absolute atomic E-state index is 0.241. The van der Waals surface area contributed by atoms with Crippen LogP contribution in [-0.4, -0.2) is 20.7 Å². The van der Waals surface area contributed by atoms with Crippen LogP contribution in [0.1, 0.15) is 31.2 Å². The van der Waals surface area contributed by atoms with Crippen LogP contribution < -0.4 is 5.73 Å². The van der Waals surface area contributed by atoms with E-state index in [0.29, 0.717) is 0 Å². The van der Waals surface area contributed by atoms with Gasteiger partial charge in [0.1, 0.15) is 0 Å². The Hall–Kier alpha value is -1.65. The van der Waals surface area contributed by atoms with Crippen LogP contribution in [0.25, 0.3) is 5.69 Å². The molecule has 4 nitrogen and oxygen atoms in total. The number of hydrogen-bond donors (Lipinski definition) is 2. The molecular weight excluding hydrogens is 238 g/mol. The zero-order chi connectivity index (χ0) is 13.3. The fourth-order valence-corrected chi connectivity index (χ4v) is 2.76. The largest absolute Gasteiger partial charge is 0.385 e. The molecule has 1 saturated carbocycles. The van der Waals surface area contributed by atoms with E-state index in [-0.39, 0.29) is 6.04 Å². The van der Waals surface area contributed by atoms with Crippen LogP contribution in [-0.2, 0) is 5.60 Å². The Morgan fingerprint density at radius 1 is 1.21 bits per heavy atom. The molecule has 0 aliphatic heterocycles. The lowest BCUT2D eigenvalue weighted by molar-refractivity contribution is -0.00495. The summed E-state index contributed by atoms with van der Waals surface area (Å²) in [5.41, 5.74) is 7.24. The fourth-order valence-electron chi connectivity index (χ4n) is 2.76. The molecule has 1 heterocycles. The first-order valence-corrected chi connectivity index (χ1v) is 6.74. The van der Waals surface area contributed by atoms with Crippen molar-refractivity contribution in [3.05, 3.63) is 48.5 Å². The highest BCUT2D eigenvalue weighted by molar-refractivity contribution is 5.36. The maximum Gasteiger partial charge on any atom is 0.0991 e. The molecule has 0 radical (unpaired) electrons. The smallest absolute Gasteiger partial charge is 0.0991 e. The summed E-state index contributed by atoms with van der Waals surface area (Å²) in [5, 5.41) is 10.7. The Bertz CT molecular complexity index is 525. The van der Waals surface area contributed by atoms with E-state index in [9.17, 15) is 5.11 Å². The first-order valence-electron chi connectivity index (χ1n) is 6.74. The van der Waals surface area contributed by atoms with Gasteiger partial charge in [-0.1, -0.05) is 12.1 Å². The van der Waals surface area contributed by atoms with Crippen molar-refractivity contribution in [3.63, 3.8) is 0 Å². The van der Waals surface area contributed by atoms with Crippen molar-refractivity contribution in [1.29, 1.82) is 0 Å². The number of aliphatic hydroxyl groups is 1. The maximum atomic E-state index is 10.7. The van der Waals surface area contributed by atoms with Crippen LogP contribution in [0.5, 0.6) is 0 Å². The minimum atomic E-state index is -0.705. The molecule has 0 saturated heterocycles. The summed E-state index contributed by atoms with van der Waals surface area (Å²) < 4.78 is 1.95. The van der Waals surface area contributed by atoms with Gasteiger partial charge in [-0.25, -0.2) is 4.98 Å². The topological polar surface area (TPSA) is 64.1 Å². The van der Waals surface area contributed by atoms with Gasteiger partial charge in [-0.05, 0) is 43.4 Å². The summed E-state index contributed by atoms with van der Waals surface area (Å²) in [7, 11) is 0. The van der Waals surface area contributed by atoms with E-state index >= 15 is 0 Å². The highest BCUT2D eigenvalue weighted by atomic mass is 16.3. The Morgan fingerprint density at radius 2 is 1.89 bits per heavy atom. The Morgan fingerprint density at radius 3 is 2.47 bits per heavy atom. The molecule has 0 unspecified atom stereocenters. The summed E-state index contributed by atoms with van der Waals surface area (Å²) >= 11 is 0. The van der Waals surface area contributed by atoms with Gasteiger partial charge in [-0.3, -0.25) is 0 Å². The Labute approximate surface area is 112 Å². The zero-order valence-electron chi connectivity index (χ0n) is 10.9. The molecule has 1 fully saturated rings. The average molecular weight is 257 g/mol. The third kappa shape index (κ3) is 2.41. The summed E-state index contributed by atoms with van der Waals surface area (Å²) in [6.45, 7) is 0. The summed E-state index contributed by atoms with van der Waals surface area (Å²) in [6.07, 6.45) is 8.70. The van der Waals surface area contributed by atoms with Gasteiger partial charge in [-0.15, -0.1) is 0 Å². The van der Waals surface area contributed by atoms with Crippen LogP contribution in [0, 0.1) is 0 Å². The first kappa shape index (κ1) is 12.4. The van der Waals surface area contributed by atoms with E-state index < -0.39 is 5.60 Å². The fraction of sp³-hybridized carbons (Fsp3) is 0.400. The third-order valence-electron chi connectivity index (χ3n) is 4.06. The van der Waals surface area contributed by atoms with Crippen LogP contribution in [0.4, 0.5) is 0 Å². The Balaban J connectivity index is 1.82. The van der Waals surface area contributed by atoms with Crippen LogP contribution in [0.15, 0.2) is 43.0 Å². The number of nitrogens with two attached hydrogens (primary N) is 1. The van der Waals surface area contributed by atoms with E-state index in [1.165, 1.54) is 0 Å². The van der Waals surface area contributed by atoms with Crippen molar-refractivity contribution < 1.29 is 5.11 Å². The van der Waals surface area contributed by atoms with E-state index in [1.54, 1.807) is 12.5 Å². The van der Waals surface area contributed by atoms with E-state index in [4.69, 9.17) is 5.73 Å². The standard InChI is InChI=1S/C15H19N3O/c16-13-5-7-15(19,8-6-13)12-1-3-14(4-2-12)18-10-9-17-11-18/h1-4,9-11,13,19H,5-8,16H2. The number of benzene rings is 1. The van der Waals surface area contributed by atoms with Gasteiger partial charge < -0.3 is 15.4 Å². The van der Waals surface area contributed by atoms with E-state index in [2.05, 4.69) is 4.98 Å². The third-order valence-corrected chi connectivity index (χ3v) is 4.06. The molecule has 3 N–H and O–H groups in total. The molecule has 0 amide bonds. The number of nitrogens with zero attached hydrogens (tertiary/aromatic N) is 2. The van der Waals surface area contributed by atoms with Crippen molar-refractivity contribution in [2.24, 2.45) is 5.73 Å². The molecule has 1 aromatic heterocycles. The van der Waals surface area contributed by atoms with Crippen molar-refractivity contribution in [3.8, 4) is 5.69 Å². The van der Waals surface area contributed by atoms with Gasteiger partial charge in [0.25, 0.3) is 0 Å². The predicted molar refractivity (Wildman–Crippen MR) is 73.9 cm³/mol. The predicted octanol–water partition coefficient (Wildman–Crippen LogP) is 1.96. The van der Waals surface area contributed by atoms with E-state index in [1.807, 2.05) is 35.0 Å². The van der Waals surface area contributed by atoms with Crippen molar-refractivity contribution in [1.82, 2.24) is 9.55 Å². The minimum Gasteiger partial charge on any atom is -0.385 e. The van der Waals surface area contributed by atoms with Crippen LogP contribution in [0.2, 0.25) is 0 Å². The lowest BCUT2D eigenvalue weighted by Crippen LogP contribution is -2.36. The van der Waals surface area contributed by atoms with Crippen LogP contribution >= 0.6 is 0 Å². The molecule has 0 bridgehead atoms. The van der Waals surface area contributed by atoms with Gasteiger partial charge in [0.05, 0.1) is 11.9 Å². The molecular formula is C15H19N3O. The molecule has 19 heavy (non-hydrogen) atoms. The highest BCUT2D eigenvalue weighted by Gasteiger charge is 2.33. The number of imidazole rings is 1. The van der Waals surface area contributed by atoms with E-state index in [0.717, 1.165) is 36.9 Å². The van der Waals surface area contributed by atoms with Gasteiger partial charge in [-0.2, -0.15) is 0 Å².